The second kappa shape index (κ2) is 11.4. The highest BCUT2D eigenvalue weighted by Gasteiger charge is 2.27. The molecule has 4 bridgehead atoms. The minimum absolute atomic E-state index is 0.00645. The Labute approximate surface area is 214 Å². The lowest BCUT2D eigenvalue weighted by Gasteiger charge is -2.21. The predicted octanol–water partition coefficient (Wildman–Crippen LogP) is 2.74. The molecule has 4 N–H and O–H groups in total. The zero-order valence-corrected chi connectivity index (χ0v) is 21.3. The third-order valence-electron chi connectivity index (χ3n) is 5.98. The molecule has 3 amide bonds. The fourth-order valence-corrected chi connectivity index (χ4v) is 4.13. The number of benzene rings is 1. The van der Waals surface area contributed by atoms with E-state index in [1.807, 2.05) is 44.2 Å². The molecule has 0 saturated heterocycles. The van der Waals surface area contributed by atoms with Crippen molar-refractivity contribution in [3.05, 3.63) is 71.1 Å². The van der Waals surface area contributed by atoms with Crippen LogP contribution >= 0.6 is 0 Å². The molecule has 37 heavy (non-hydrogen) atoms. The molecule has 4 rings (SSSR count). The molecule has 0 radical (unpaired) electrons. The number of hydrogen-bond acceptors (Lipinski definition) is 8. The summed E-state index contributed by atoms with van der Waals surface area (Å²) in [5.41, 5.74) is 1.05. The third kappa shape index (κ3) is 6.42. The van der Waals surface area contributed by atoms with E-state index in [1.165, 1.54) is 6.26 Å². The fourth-order valence-electron chi connectivity index (χ4n) is 4.13. The maximum Gasteiger partial charge on any atom is 0.274 e. The maximum absolute atomic E-state index is 13.2. The first-order valence-corrected chi connectivity index (χ1v) is 12.3. The Balaban J connectivity index is 1.65. The summed E-state index contributed by atoms with van der Waals surface area (Å²) in [6.45, 7) is 7.69. The van der Waals surface area contributed by atoms with Gasteiger partial charge in [-0.1, -0.05) is 44.2 Å². The van der Waals surface area contributed by atoms with Gasteiger partial charge in [-0.3, -0.25) is 14.4 Å². The molecule has 1 aliphatic heterocycles. The number of carbonyl (C=O) groups excluding carboxylic acids is 3. The largest absolute Gasteiger partial charge is 0.446 e. The van der Waals surface area contributed by atoms with Crippen LogP contribution in [0.15, 0.2) is 45.4 Å². The van der Waals surface area contributed by atoms with Crippen LogP contribution in [0.4, 0.5) is 0 Å². The SMILES string of the molecule is Cc1oc2nc1C(=O)N[C@@H](c1ccccc1)CNCC(=O)N[C@H](CC(C)C)c1nc(co1)C(=O)N[C@H]2C. The van der Waals surface area contributed by atoms with Crippen LogP contribution in [-0.4, -0.2) is 40.8 Å². The quantitative estimate of drug-likeness (QED) is 0.422. The molecule has 0 spiro atoms. The molecular weight excluding hydrogens is 476 g/mol. The number of hydrogen-bond donors (Lipinski definition) is 4. The predicted molar refractivity (Wildman–Crippen MR) is 133 cm³/mol. The van der Waals surface area contributed by atoms with Crippen molar-refractivity contribution in [2.24, 2.45) is 5.92 Å². The highest BCUT2D eigenvalue weighted by molar-refractivity contribution is 5.94. The molecule has 0 unspecified atom stereocenters. The molecule has 0 saturated carbocycles. The van der Waals surface area contributed by atoms with Gasteiger partial charge in [-0.05, 0) is 31.7 Å². The second-order valence-electron chi connectivity index (χ2n) is 9.54. The van der Waals surface area contributed by atoms with Gasteiger partial charge in [0.1, 0.15) is 24.1 Å². The number of nitrogens with zero attached hydrogens (tertiary/aromatic N) is 2. The van der Waals surface area contributed by atoms with Crippen LogP contribution < -0.4 is 21.3 Å². The Hall–Kier alpha value is -3.99. The molecule has 3 heterocycles. The van der Waals surface area contributed by atoms with E-state index in [-0.39, 0.29) is 41.5 Å². The Morgan fingerprint density at radius 3 is 2.49 bits per heavy atom. The average molecular weight is 509 g/mol. The van der Waals surface area contributed by atoms with Crippen LogP contribution in [-0.2, 0) is 4.79 Å². The van der Waals surface area contributed by atoms with Gasteiger partial charge < -0.3 is 30.1 Å². The summed E-state index contributed by atoms with van der Waals surface area (Å²) in [6.07, 6.45) is 1.83. The van der Waals surface area contributed by atoms with Gasteiger partial charge in [0.25, 0.3) is 11.8 Å². The Bertz CT molecular complexity index is 1250. The van der Waals surface area contributed by atoms with Crippen molar-refractivity contribution in [2.75, 3.05) is 13.1 Å². The number of aromatic nitrogens is 2. The van der Waals surface area contributed by atoms with E-state index < -0.39 is 29.9 Å². The van der Waals surface area contributed by atoms with E-state index in [0.29, 0.717) is 18.7 Å². The van der Waals surface area contributed by atoms with Crippen molar-refractivity contribution in [3.63, 3.8) is 0 Å². The number of carbonyl (C=O) groups is 3. The molecule has 1 aromatic carbocycles. The van der Waals surface area contributed by atoms with Gasteiger partial charge >= 0.3 is 0 Å². The standard InChI is InChI=1S/C26H32N6O5/c1-14(2)10-18-26-31-20(13-36-26)23(34)28-15(3)25-32-22(16(4)37-25)24(35)30-19(11-27-12-21(33)29-18)17-8-6-5-7-9-17/h5-9,13-15,18-19,27H,10-12H2,1-4H3,(H,28,34)(H,29,33)(H,30,35)/t15-,18+,19+/m0/s1. The smallest absolute Gasteiger partial charge is 0.274 e. The summed E-state index contributed by atoms with van der Waals surface area (Å²) in [7, 11) is 0. The van der Waals surface area contributed by atoms with Gasteiger partial charge in [0.2, 0.25) is 17.7 Å². The lowest BCUT2D eigenvalue weighted by Crippen LogP contribution is -2.41. The maximum atomic E-state index is 13.2. The van der Waals surface area contributed by atoms with Crippen LogP contribution in [0.2, 0.25) is 0 Å². The van der Waals surface area contributed by atoms with Crippen LogP contribution in [0.5, 0.6) is 0 Å². The van der Waals surface area contributed by atoms with E-state index in [1.54, 1.807) is 13.8 Å². The minimum atomic E-state index is -0.635. The molecular formula is C26H32N6O5. The lowest BCUT2D eigenvalue weighted by molar-refractivity contribution is -0.121. The first kappa shape index (κ1) is 26.1. The fraction of sp³-hybridized carbons (Fsp3) is 0.423. The molecule has 11 nitrogen and oxygen atoms in total. The van der Waals surface area contributed by atoms with E-state index in [4.69, 9.17) is 8.83 Å². The summed E-state index contributed by atoms with van der Waals surface area (Å²) >= 11 is 0. The topological polar surface area (TPSA) is 151 Å². The number of oxazole rings is 2. The normalized spacial score (nSPS) is 21.5. The number of rotatable bonds is 3. The van der Waals surface area contributed by atoms with Gasteiger partial charge in [0.15, 0.2) is 11.4 Å². The van der Waals surface area contributed by atoms with E-state index in [2.05, 4.69) is 31.2 Å². The molecule has 1 aliphatic rings. The van der Waals surface area contributed by atoms with Gasteiger partial charge in [0, 0.05) is 6.54 Å². The number of fused-ring (bicyclic) bond motifs is 4. The first-order valence-electron chi connectivity index (χ1n) is 12.3. The minimum Gasteiger partial charge on any atom is -0.446 e. The van der Waals surface area contributed by atoms with Crippen LogP contribution in [0.25, 0.3) is 0 Å². The summed E-state index contributed by atoms with van der Waals surface area (Å²) in [5.74, 6) is -0.174. The molecule has 3 aromatic rings. The van der Waals surface area contributed by atoms with Crippen molar-refractivity contribution >= 4 is 17.7 Å². The average Bonchev–Trinajstić information content (AvgIpc) is 3.50. The summed E-state index contributed by atoms with van der Waals surface area (Å²) in [4.78, 5) is 47.4. The van der Waals surface area contributed by atoms with Crippen molar-refractivity contribution < 1.29 is 23.2 Å². The highest BCUT2D eigenvalue weighted by atomic mass is 16.4. The monoisotopic (exact) mass is 508 g/mol. The van der Waals surface area contributed by atoms with Crippen LogP contribution in [0.1, 0.15) is 89.4 Å². The number of amides is 3. The molecule has 0 aliphatic carbocycles. The Morgan fingerprint density at radius 2 is 1.76 bits per heavy atom. The first-order chi connectivity index (χ1) is 17.7. The number of aryl methyl sites for hydroxylation is 1. The molecule has 0 fully saturated rings. The molecule has 11 heteroatoms. The van der Waals surface area contributed by atoms with Gasteiger partial charge in [-0.2, -0.15) is 0 Å². The summed E-state index contributed by atoms with van der Waals surface area (Å²) < 4.78 is 11.3. The summed E-state index contributed by atoms with van der Waals surface area (Å²) in [6, 6.07) is 7.87. The molecule has 196 valence electrons. The lowest BCUT2D eigenvalue weighted by atomic mass is 10.0. The Kier molecular flexibility index (Phi) is 8.02. The molecule has 2 aromatic heterocycles. The third-order valence-corrected chi connectivity index (χ3v) is 5.98. The summed E-state index contributed by atoms with van der Waals surface area (Å²) in [5, 5.41) is 11.8. The van der Waals surface area contributed by atoms with E-state index >= 15 is 0 Å². The van der Waals surface area contributed by atoms with Gasteiger partial charge in [-0.15, -0.1) is 0 Å². The van der Waals surface area contributed by atoms with Gasteiger partial charge in [0.05, 0.1) is 12.6 Å². The zero-order chi connectivity index (χ0) is 26.5. The van der Waals surface area contributed by atoms with Crippen molar-refractivity contribution in [1.82, 2.24) is 31.2 Å². The van der Waals surface area contributed by atoms with Crippen LogP contribution in [0.3, 0.4) is 0 Å². The second-order valence-corrected chi connectivity index (χ2v) is 9.54. The van der Waals surface area contributed by atoms with Crippen molar-refractivity contribution in [2.45, 2.75) is 52.2 Å². The highest BCUT2D eigenvalue weighted by Crippen LogP contribution is 2.22. The van der Waals surface area contributed by atoms with Crippen molar-refractivity contribution in [1.29, 1.82) is 0 Å². The van der Waals surface area contributed by atoms with E-state index in [0.717, 1.165) is 5.56 Å². The van der Waals surface area contributed by atoms with Crippen molar-refractivity contribution in [3.8, 4) is 0 Å². The number of nitrogens with one attached hydrogen (secondary N) is 4. The van der Waals surface area contributed by atoms with Gasteiger partial charge in [-0.25, -0.2) is 9.97 Å². The van der Waals surface area contributed by atoms with E-state index in [9.17, 15) is 14.4 Å². The molecule has 3 atom stereocenters. The van der Waals surface area contributed by atoms with Crippen LogP contribution in [0, 0.1) is 12.8 Å². The Morgan fingerprint density at radius 1 is 1.00 bits per heavy atom. The zero-order valence-electron chi connectivity index (χ0n) is 21.3.